The molecule has 0 rings (SSSR count). The molecule has 7 N–H and O–H groups in total. The lowest BCUT2D eigenvalue weighted by atomic mass is 10.2. The van der Waals surface area contributed by atoms with Crippen molar-refractivity contribution in [2.24, 2.45) is 5.73 Å². The van der Waals surface area contributed by atoms with Gasteiger partial charge in [0.05, 0.1) is 6.61 Å². The third kappa shape index (κ3) is 12.2. The number of hydrogen-bond donors (Lipinski definition) is 6. The van der Waals surface area contributed by atoms with Crippen molar-refractivity contribution in [1.82, 2.24) is 0 Å². The quantitative estimate of drug-likeness (QED) is 0.303. The fourth-order valence-corrected chi connectivity index (χ4v) is 0.481. The van der Waals surface area contributed by atoms with Gasteiger partial charge in [-0.15, -0.1) is 0 Å². The predicted octanol–water partition coefficient (Wildman–Crippen LogP) is -2.31. The van der Waals surface area contributed by atoms with Gasteiger partial charge in [0.15, 0.2) is 6.10 Å². The minimum Gasteiger partial charge on any atom is -0.481 e. The molecule has 0 saturated carbocycles. The molecule has 0 aromatic rings. The summed E-state index contributed by atoms with van der Waals surface area (Å²) in [4.78, 5) is 29.4. The second-order valence-electron chi connectivity index (χ2n) is 2.91. The standard InChI is InChI=1S/C5H9NO4.C3H6O4/c6-3(5(9)10)1-2-4(7)8;4-1-2(5)3(6)7/h3H,1-2,6H2,(H,7,8)(H,9,10);2,4-5H,1H2,(H,6,7). The summed E-state index contributed by atoms with van der Waals surface area (Å²) in [5.41, 5.74) is 5.00. The van der Waals surface area contributed by atoms with Gasteiger partial charge < -0.3 is 31.3 Å². The molecule has 17 heavy (non-hydrogen) atoms. The molecule has 9 nitrogen and oxygen atoms in total. The first-order chi connectivity index (χ1) is 7.72. The third-order valence-corrected chi connectivity index (χ3v) is 1.44. The molecule has 100 valence electrons. The van der Waals surface area contributed by atoms with E-state index in [1.807, 2.05) is 0 Å². The molecule has 2 atom stereocenters. The van der Waals surface area contributed by atoms with Crippen molar-refractivity contribution in [3.63, 3.8) is 0 Å². The van der Waals surface area contributed by atoms with Crippen molar-refractivity contribution in [1.29, 1.82) is 0 Å². The Bertz CT molecular complexity index is 266. The summed E-state index contributed by atoms with van der Waals surface area (Å²) in [6, 6.07) is -1.06. The molecule has 0 heterocycles. The Hall–Kier alpha value is -1.71. The Balaban J connectivity index is 0. The van der Waals surface area contributed by atoms with Crippen LogP contribution in [0.25, 0.3) is 0 Å². The normalized spacial score (nSPS) is 12.9. The van der Waals surface area contributed by atoms with Crippen LogP contribution in [0.15, 0.2) is 0 Å². The number of carbonyl (C=O) groups is 3. The summed E-state index contributed by atoms with van der Waals surface area (Å²) in [7, 11) is 0. The fraction of sp³-hybridized carbons (Fsp3) is 0.625. The highest BCUT2D eigenvalue weighted by atomic mass is 16.4. The van der Waals surface area contributed by atoms with E-state index in [-0.39, 0.29) is 12.8 Å². The average Bonchev–Trinajstić information content (AvgIpc) is 2.24. The second kappa shape index (κ2) is 9.51. The van der Waals surface area contributed by atoms with E-state index in [1.165, 1.54) is 0 Å². The lowest BCUT2D eigenvalue weighted by molar-refractivity contribution is -0.148. The van der Waals surface area contributed by atoms with Gasteiger partial charge >= 0.3 is 17.9 Å². The number of nitrogens with two attached hydrogens (primary N) is 1. The third-order valence-electron chi connectivity index (χ3n) is 1.44. The van der Waals surface area contributed by atoms with E-state index in [2.05, 4.69) is 0 Å². The number of carboxylic acids is 3. The van der Waals surface area contributed by atoms with E-state index >= 15 is 0 Å². The van der Waals surface area contributed by atoms with Gasteiger partial charge in [-0.25, -0.2) is 4.79 Å². The molecule has 2 unspecified atom stereocenters. The smallest absolute Gasteiger partial charge is 0.334 e. The molecule has 9 heteroatoms. The molecule has 0 saturated heterocycles. The van der Waals surface area contributed by atoms with Crippen LogP contribution in [0.5, 0.6) is 0 Å². The summed E-state index contributed by atoms with van der Waals surface area (Å²) in [6.45, 7) is -0.727. The topological polar surface area (TPSA) is 178 Å². The van der Waals surface area contributed by atoms with Crippen LogP contribution in [-0.2, 0) is 14.4 Å². The molecule has 0 radical (unpaired) electrons. The zero-order chi connectivity index (χ0) is 14.0. The molecule has 0 fully saturated rings. The molecule has 0 aliphatic rings. The van der Waals surface area contributed by atoms with Gasteiger partial charge in [0.1, 0.15) is 6.04 Å². The molecule has 0 bridgehead atoms. The molecular formula is C8H15NO8. The summed E-state index contributed by atoms with van der Waals surface area (Å²) in [6.07, 6.45) is -1.85. The average molecular weight is 253 g/mol. The Labute approximate surface area is 96.1 Å². The number of aliphatic carboxylic acids is 3. The Morgan fingerprint density at radius 2 is 1.53 bits per heavy atom. The van der Waals surface area contributed by atoms with Gasteiger partial charge in [-0.1, -0.05) is 0 Å². The van der Waals surface area contributed by atoms with E-state index in [1.54, 1.807) is 0 Å². The number of aliphatic hydroxyl groups excluding tert-OH is 2. The molecule has 0 aliphatic carbocycles. The van der Waals surface area contributed by atoms with Crippen molar-refractivity contribution < 1.29 is 39.9 Å². The number of rotatable bonds is 6. The first kappa shape index (κ1) is 17.7. The highest BCUT2D eigenvalue weighted by Gasteiger charge is 2.12. The van der Waals surface area contributed by atoms with Gasteiger partial charge in [0.25, 0.3) is 0 Å². The van der Waals surface area contributed by atoms with Crippen molar-refractivity contribution in [3.05, 3.63) is 0 Å². The van der Waals surface area contributed by atoms with E-state index in [9.17, 15) is 14.4 Å². The zero-order valence-corrected chi connectivity index (χ0v) is 8.81. The van der Waals surface area contributed by atoms with Gasteiger partial charge in [-0.05, 0) is 6.42 Å². The van der Waals surface area contributed by atoms with E-state index in [0.717, 1.165) is 0 Å². The van der Waals surface area contributed by atoms with Crippen LogP contribution in [0.4, 0.5) is 0 Å². The monoisotopic (exact) mass is 253 g/mol. The molecule has 0 amide bonds. The molecule has 0 spiro atoms. The van der Waals surface area contributed by atoms with Gasteiger partial charge in [0, 0.05) is 6.42 Å². The zero-order valence-electron chi connectivity index (χ0n) is 8.81. The molecular weight excluding hydrogens is 238 g/mol. The maximum absolute atomic E-state index is 9.99. The molecule has 0 aromatic carbocycles. The Morgan fingerprint density at radius 3 is 1.71 bits per heavy atom. The first-order valence-corrected chi connectivity index (χ1v) is 4.44. The van der Waals surface area contributed by atoms with Crippen LogP contribution in [0.1, 0.15) is 12.8 Å². The number of aliphatic hydroxyl groups is 2. The largest absolute Gasteiger partial charge is 0.481 e. The number of carboxylic acid groups (broad SMARTS) is 3. The minimum absolute atomic E-state index is 0.0231. The van der Waals surface area contributed by atoms with Crippen LogP contribution < -0.4 is 5.73 Å². The van der Waals surface area contributed by atoms with Crippen LogP contribution in [0.3, 0.4) is 0 Å². The minimum atomic E-state index is -1.63. The summed E-state index contributed by atoms with van der Waals surface area (Å²) >= 11 is 0. The lowest BCUT2D eigenvalue weighted by Gasteiger charge is -2.01. The lowest BCUT2D eigenvalue weighted by Crippen LogP contribution is -2.30. The molecule has 0 aromatic heterocycles. The predicted molar refractivity (Wildman–Crippen MR) is 53.2 cm³/mol. The Kier molecular flexibility index (Phi) is 9.89. The maximum atomic E-state index is 9.99. The van der Waals surface area contributed by atoms with E-state index < -0.39 is 36.7 Å². The van der Waals surface area contributed by atoms with Crippen LogP contribution in [-0.4, -0.2) is 62.2 Å². The van der Waals surface area contributed by atoms with Crippen molar-refractivity contribution in [2.45, 2.75) is 25.0 Å². The highest BCUT2D eigenvalue weighted by molar-refractivity contribution is 5.74. The van der Waals surface area contributed by atoms with Gasteiger partial charge in [-0.2, -0.15) is 0 Å². The fourth-order valence-electron chi connectivity index (χ4n) is 0.481. The van der Waals surface area contributed by atoms with Crippen molar-refractivity contribution in [2.75, 3.05) is 6.61 Å². The van der Waals surface area contributed by atoms with E-state index in [4.69, 9.17) is 31.3 Å². The Morgan fingerprint density at radius 1 is 1.06 bits per heavy atom. The first-order valence-electron chi connectivity index (χ1n) is 4.44. The summed E-state index contributed by atoms with van der Waals surface area (Å²) in [5.74, 6) is -3.60. The molecule has 0 aliphatic heterocycles. The second-order valence-corrected chi connectivity index (χ2v) is 2.91. The maximum Gasteiger partial charge on any atom is 0.334 e. The van der Waals surface area contributed by atoms with Crippen LogP contribution in [0.2, 0.25) is 0 Å². The van der Waals surface area contributed by atoms with E-state index in [0.29, 0.717) is 0 Å². The summed E-state index contributed by atoms with van der Waals surface area (Å²) in [5, 5.41) is 40.0. The van der Waals surface area contributed by atoms with Crippen LogP contribution >= 0.6 is 0 Å². The summed E-state index contributed by atoms with van der Waals surface area (Å²) < 4.78 is 0. The SMILES string of the molecule is NC(CCC(=O)O)C(=O)O.O=C(O)C(O)CO. The van der Waals surface area contributed by atoms with Gasteiger partial charge in [-0.3, -0.25) is 9.59 Å². The highest BCUT2D eigenvalue weighted by Crippen LogP contribution is 1.93. The van der Waals surface area contributed by atoms with Gasteiger partial charge in [0.2, 0.25) is 0 Å². The van der Waals surface area contributed by atoms with Crippen molar-refractivity contribution >= 4 is 17.9 Å². The number of hydrogen-bond acceptors (Lipinski definition) is 6. The van der Waals surface area contributed by atoms with Crippen LogP contribution in [0, 0.1) is 0 Å². The van der Waals surface area contributed by atoms with Crippen molar-refractivity contribution in [3.8, 4) is 0 Å².